The van der Waals surface area contributed by atoms with Gasteiger partial charge in [-0.3, -0.25) is 4.79 Å². The molecular weight excluding hydrogens is 184 g/mol. The molecule has 0 bridgehead atoms. The summed E-state index contributed by atoms with van der Waals surface area (Å²) in [5.74, 6) is -0.0393. The molecule has 1 saturated heterocycles. The molecule has 0 amide bonds. The van der Waals surface area contributed by atoms with Gasteiger partial charge in [-0.15, -0.1) is 0 Å². The Bertz CT molecular complexity index is 355. The first kappa shape index (κ1) is 9.21. The van der Waals surface area contributed by atoms with E-state index in [0.717, 1.165) is 12.2 Å². The van der Waals surface area contributed by atoms with Gasteiger partial charge in [-0.2, -0.15) is 0 Å². The van der Waals surface area contributed by atoms with Crippen molar-refractivity contribution < 1.29 is 14.6 Å². The Labute approximate surface area is 81.1 Å². The monoisotopic (exact) mass is 196 g/mol. The number of aryl methyl sites for hydroxylation is 1. The van der Waals surface area contributed by atoms with Gasteiger partial charge in [-0.25, -0.2) is 4.98 Å². The average molecular weight is 196 g/mol. The first-order valence-corrected chi connectivity index (χ1v) is 4.54. The van der Waals surface area contributed by atoms with Crippen LogP contribution in [0.1, 0.15) is 18.4 Å². The molecule has 1 aromatic heterocycles. The van der Waals surface area contributed by atoms with Crippen molar-refractivity contribution in [1.29, 1.82) is 0 Å². The summed E-state index contributed by atoms with van der Waals surface area (Å²) in [6, 6.07) is 0. The van der Waals surface area contributed by atoms with Crippen LogP contribution in [0.4, 0.5) is 0 Å². The van der Waals surface area contributed by atoms with E-state index in [0.29, 0.717) is 5.69 Å². The molecule has 5 nitrogen and oxygen atoms in total. The number of H-pyrrole nitrogens is 1. The van der Waals surface area contributed by atoms with Crippen LogP contribution in [-0.4, -0.2) is 34.3 Å². The number of ether oxygens (including phenoxy) is 1. The number of rotatable bonds is 3. The number of aliphatic carboxylic acids is 1. The highest BCUT2D eigenvalue weighted by atomic mass is 16.5. The third kappa shape index (κ3) is 1.13. The molecule has 0 aromatic carbocycles. The minimum Gasteiger partial charge on any atom is -0.480 e. The van der Waals surface area contributed by atoms with E-state index in [1.807, 2.05) is 6.92 Å². The van der Waals surface area contributed by atoms with Gasteiger partial charge in [0.25, 0.3) is 0 Å². The number of imidazole rings is 1. The molecule has 2 rings (SSSR count). The summed E-state index contributed by atoms with van der Waals surface area (Å²) in [5, 5.41) is 9.09. The lowest BCUT2D eigenvalue weighted by atomic mass is 9.83. The van der Waals surface area contributed by atoms with E-state index in [2.05, 4.69) is 9.97 Å². The van der Waals surface area contributed by atoms with Crippen LogP contribution in [0.5, 0.6) is 0 Å². The average Bonchev–Trinajstić information content (AvgIpc) is 2.50. The highest BCUT2D eigenvalue weighted by molar-refractivity contribution is 5.82. The van der Waals surface area contributed by atoms with Gasteiger partial charge >= 0.3 is 5.97 Å². The number of aromatic amines is 1. The smallest absolute Gasteiger partial charge is 0.320 e. The van der Waals surface area contributed by atoms with Gasteiger partial charge in [0.05, 0.1) is 18.9 Å². The van der Waals surface area contributed by atoms with Crippen LogP contribution in [0.3, 0.4) is 0 Å². The molecule has 0 atom stereocenters. The molecule has 1 aliphatic rings. The molecule has 2 heterocycles. The fourth-order valence-corrected chi connectivity index (χ4v) is 1.49. The minimum absolute atomic E-state index is 0.230. The van der Waals surface area contributed by atoms with E-state index < -0.39 is 11.4 Å². The second-order valence-electron chi connectivity index (χ2n) is 3.48. The van der Waals surface area contributed by atoms with Crippen molar-refractivity contribution >= 4 is 5.97 Å². The van der Waals surface area contributed by atoms with Crippen LogP contribution in [0, 0.1) is 0 Å². The first-order valence-electron chi connectivity index (χ1n) is 4.54. The second-order valence-corrected chi connectivity index (χ2v) is 3.48. The summed E-state index contributed by atoms with van der Waals surface area (Å²) in [6.45, 7) is 2.43. The van der Waals surface area contributed by atoms with E-state index in [-0.39, 0.29) is 13.2 Å². The van der Waals surface area contributed by atoms with Crippen LogP contribution >= 0.6 is 0 Å². The zero-order chi connectivity index (χ0) is 10.2. The Morgan fingerprint density at radius 2 is 2.50 bits per heavy atom. The molecule has 2 N–H and O–H groups in total. The SMILES string of the molecule is CCc1ncc(C2(C(=O)O)COC2)[nH]1. The van der Waals surface area contributed by atoms with Gasteiger partial charge in [0, 0.05) is 12.6 Å². The van der Waals surface area contributed by atoms with Crippen LogP contribution in [-0.2, 0) is 21.4 Å². The van der Waals surface area contributed by atoms with Crippen molar-refractivity contribution in [3.8, 4) is 0 Å². The minimum atomic E-state index is -0.888. The fourth-order valence-electron chi connectivity index (χ4n) is 1.49. The predicted octanol–water partition coefficient (Wildman–Crippen LogP) is 0.325. The van der Waals surface area contributed by atoms with Gasteiger partial charge in [-0.1, -0.05) is 6.92 Å². The summed E-state index contributed by atoms with van der Waals surface area (Å²) in [5.41, 5.74) is -0.242. The van der Waals surface area contributed by atoms with Crippen molar-refractivity contribution in [1.82, 2.24) is 9.97 Å². The summed E-state index contributed by atoms with van der Waals surface area (Å²) in [6.07, 6.45) is 2.37. The fraction of sp³-hybridized carbons (Fsp3) is 0.556. The van der Waals surface area contributed by atoms with Crippen molar-refractivity contribution in [3.63, 3.8) is 0 Å². The number of carbonyl (C=O) groups is 1. The molecule has 76 valence electrons. The summed E-state index contributed by atoms with van der Waals surface area (Å²) < 4.78 is 4.97. The second kappa shape index (κ2) is 3.09. The van der Waals surface area contributed by atoms with Crippen LogP contribution < -0.4 is 0 Å². The molecule has 14 heavy (non-hydrogen) atoms. The maximum Gasteiger partial charge on any atom is 0.320 e. The van der Waals surface area contributed by atoms with E-state index in [9.17, 15) is 4.79 Å². The summed E-state index contributed by atoms with van der Waals surface area (Å²) >= 11 is 0. The molecule has 0 unspecified atom stereocenters. The quantitative estimate of drug-likeness (QED) is 0.730. The van der Waals surface area contributed by atoms with Gasteiger partial charge in [0.1, 0.15) is 5.82 Å². The predicted molar refractivity (Wildman–Crippen MR) is 48.1 cm³/mol. The topological polar surface area (TPSA) is 75.2 Å². The summed E-state index contributed by atoms with van der Waals surface area (Å²) in [4.78, 5) is 18.2. The number of nitrogens with zero attached hydrogens (tertiary/aromatic N) is 1. The highest BCUT2D eigenvalue weighted by Crippen LogP contribution is 2.31. The maximum absolute atomic E-state index is 11.1. The molecule has 1 aliphatic heterocycles. The molecule has 0 radical (unpaired) electrons. The lowest BCUT2D eigenvalue weighted by Gasteiger charge is -2.36. The van der Waals surface area contributed by atoms with Gasteiger partial charge < -0.3 is 14.8 Å². The molecule has 0 aliphatic carbocycles. The lowest BCUT2D eigenvalue weighted by molar-refractivity contribution is -0.163. The van der Waals surface area contributed by atoms with E-state index in [4.69, 9.17) is 9.84 Å². The Balaban J connectivity index is 2.32. The third-order valence-corrected chi connectivity index (χ3v) is 2.59. The Kier molecular flexibility index (Phi) is 2.03. The van der Waals surface area contributed by atoms with E-state index in [1.54, 1.807) is 6.20 Å². The third-order valence-electron chi connectivity index (χ3n) is 2.59. The van der Waals surface area contributed by atoms with Crippen molar-refractivity contribution in [2.45, 2.75) is 18.8 Å². The zero-order valence-corrected chi connectivity index (χ0v) is 7.91. The normalized spacial score (nSPS) is 18.9. The van der Waals surface area contributed by atoms with Gasteiger partial charge in [-0.05, 0) is 0 Å². The van der Waals surface area contributed by atoms with Crippen molar-refractivity contribution in [2.24, 2.45) is 0 Å². The van der Waals surface area contributed by atoms with Gasteiger partial charge in [0.2, 0.25) is 0 Å². The van der Waals surface area contributed by atoms with Crippen molar-refractivity contribution in [2.75, 3.05) is 13.2 Å². The number of aromatic nitrogens is 2. The van der Waals surface area contributed by atoms with Gasteiger partial charge in [0.15, 0.2) is 5.41 Å². The largest absolute Gasteiger partial charge is 0.480 e. The molecular formula is C9H12N2O3. The standard InChI is InChI=1S/C9H12N2O3/c1-2-7-10-3-6(11-7)9(8(12)13)4-14-5-9/h3H,2,4-5H2,1H3,(H,10,11)(H,12,13). The molecule has 5 heteroatoms. The molecule has 1 fully saturated rings. The molecule has 0 spiro atoms. The lowest BCUT2D eigenvalue weighted by Crippen LogP contribution is -2.53. The molecule has 0 saturated carbocycles. The van der Waals surface area contributed by atoms with Crippen molar-refractivity contribution in [3.05, 3.63) is 17.7 Å². The van der Waals surface area contributed by atoms with Crippen LogP contribution in [0.2, 0.25) is 0 Å². The first-order chi connectivity index (χ1) is 6.69. The highest BCUT2D eigenvalue weighted by Gasteiger charge is 2.49. The molecule has 1 aromatic rings. The Morgan fingerprint density at radius 3 is 2.86 bits per heavy atom. The Morgan fingerprint density at radius 1 is 1.79 bits per heavy atom. The number of hydrogen-bond donors (Lipinski definition) is 2. The summed E-state index contributed by atoms with van der Waals surface area (Å²) in [7, 11) is 0. The Hall–Kier alpha value is -1.36. The number of carboxylic acid groups (broad SMARTS) is 1. The van der Waals surface area contributed by atoms with Crippen LogP contribution in [0.25, 0.3) is 0 Å². The zero-order valence-electron chi connectivity index (χ0n) is 7.91. The number of hydrogen-bond acceptors (Lipinski definition) is 3. The number of nitrogens with one attached hydrogen (secondary N) is 1. The number of carboxylic acids is 1. The maximum atomic E-state index is 11.1. The van der Waals surface area contributed by atoms with E-state index >= 15 is 0 Å². The van der Waals surface area contributed by atoms with Crippen LogP contribution in [0.15, 0.2) is 6.20 Å². The van der Waals surface area contributed by atoms with E-state index in [1.165, 1.54) is 0 Å².